The molecule has 0 aliphatic rings. The molecule has 2 aromatic carbocycles. The maximum Gasteiger partial charge on any atom is 0.161 e. The van der Waals surface area contributed by atoms with Crippen molar-refractivity contribution in [3.8, 4) is 17.2 Å². The van der Waals surface area contributed by atoms with E-state index in [1.54, 1.807) is 36.4 Å². The molecule has 0 bridgehead atoms. The van der Waals surface area contributed by atoms with E-state index in [0.717, 1.165) is 16.7 Å². The van der Waals surface area contributed by atoms with Gasteiger partial charge in [-0.25, -0.2) is 11.4 Å². The van der Waals surface area contributed by atoms with Crippen molar-refractivity contribution in [3.63, 3.8) is 0 Å². The molecule has 7 nitrogen and oxygen atoms in total. The SMILES string of the molecule is C=C(/C=C/c1ccc(O)c(CO)c1)CC(/C=C/c1ccc(O)c(OC)c1)=N\NN. The van der Waals surface area contributed by atoms with Gasteiger partial charge in [0.1, 0.15) is 5.75 Å². The quantitative estimate of drug-likeness (QED) is 0.193. The lowest BCUT2D eigenvalue weighted by Crippen LogP contribution is -2.16. The zero-order valence-electron chi connectivity index (χ0n) is 16.2. The van der Waals surface area contributed by atoms with Gasteiger partial charge >= 0.3 is 0 Å². The van der Waals surface area contributed by atoms with E-state index in [1.807, 2.05) is 18.2 Å². The molecule has 0 aliphatic carbocycles. The normalized spacial score (nSPS) is 11.9. The van der Waals surface area contributed by atoms with Crippen molar-refractivity contribution in [2.75, 3.05) is 7.11 Å². The minimum atomic E-state index is -0.236. The number of phenolic OH excluding ortho intramolecular Hbond substituents is 1. The molecule has 6 N–H and O–H groups in total. The van der Waals surface area contributed by atoms with Gasteiger partial charge in [-0.2, -0.15) is 5.10 Å². The smallest absolute Gasteiger partial charge is 0.161 e. The minimum absolute atomic E-state index is 0.0583. The number of nitrogens with zero attached hydrogens (tertiary/aromatic N) is 1. The first-order chi connectivity index (χ1) is 14.0. The summed E-state index contributed by atoms with van der Waals surface area (Å²) in [6.07, 6.45) is 7.72. The Labute approximate surface area is 169 Å². The second-order valence-electron chi connectivity index (χ2n) is 6.21. The zero-order chi connectivity index (χ0) is 21.2. The predicted octanol–water partition coefficient (Wildman–Crippen LogP) is 3.09. The number of rotatable bonds is 9. The summed E-state index contributed by atoms with van der Waals surface area (Å²) in [4.78, 5) is 0. The number of ether oxygens (including phenoxy) is 1. The Morgan fingerprint density at radius 3 is 2.41 bits per heavy atom. The van der Waals surface area contributed by atoms with E-state index in [4.69, 9.17) is 10.6 Å². The van der Waals surface area contributed by atoms with Crippen LogP contribution in [-0.2, 0) is 6.61 Å². The summed E-state index contributed by atoms with van der Waals surface area (Å²) in [7, 11) is 1.49. The van der Waals surface area contributed by atoms with Crippen molar-refractivity contribution in [2.24, 2.45) is 10.9 Å². The molecule has 29 heavy (non-hydrogen) atoms. The second kappa shape index (κ2) is 10.7. The molecule has 0 fully saturated rings. The molecular formula is C22H25N3O4. The van der Waals surface area contributed by atoms with Gasteiger partial charge in [-0.15, -0.1) is 0 Å². The Balaban J connectivity index is 2.08. The molecule has 2 rings (SSSR count). The van der Waals surface area contributed by atoms with E-state index in [1.165, 1.54) is 13.2 Å². The number of aliphatic hydroxyl groups excluding tert-OH is 1. The van der Waals surface area contributed by atoms with Crippen LogP contribution in [0.25, 0.3) is 12.2 Å². The number of benzene rings is 2. The Morgan fingerprint density at radius 2 is 1.76 bits per heavy atom. The lowest BCUT2D eigenvalue weighted by atomic mass is 10.1. The van der Waals surface area contributed by atoms with Gasteiger partial charge in [-0.1, -0.05) is 36.9 Å². The molecule has 0 spiro atoms. The molecule has 0 aliphatic heterocycles. The minimum Gasteiger partial charge on any atom is -0.508 e. The molecule has 0 amide bonds. The molecule has 0 atom stereocenters. The number of aromatic hydroxyl groups is 2. The molecular weight excluding hydrogens is 370 g/mol. The summed E-state index contributed by atoms with van der Waals surface area (Å²) in [6.45, 7) is 3.79. The number of aliphatic hydroxyl groups is 1. The Morgan fingerprint density at radius 1 is 1.10 bits per heavy atom. The average Bonchev–Trinajstić information content (AvgIpc) is 2.72. The molecule has 0 heterocycles. The van der Waals surface area contributed by atoms with Crippen LogP contribution in [0, 0.1) is 0 Å². The van der Waals surface area contributed by atoms with Gasteiger partial charge in [0.05, 0.1) is 19.4 Å². The fourth-order valence-corrected chi connectivity index (χ4v) is 2.55. The number of hydrazone groups is 1. The topological polar surface area (TPSA) is 120 Å². The first-order valence-electron chi connectivity index (χ1n) is 8.82. The van der Waals surface area contributed by atoms with Crippen molar-refractivity contribution in [1.29, 1.82) is 0 Å². The number of hydrogen-bond donors (Lipinski definition) is 5. The third-order valence-electron chi connectivity index (χ3n) is 4.07. The number of allylic oxidation sites excluding steroid dienone is 3. The van der Waals surface area contributed by atoms with Gasteiger partial charge in [0, 0.05) is 12.0 Å². The molecule has 0 saturated carbocycles. The Bertz CT molecular complexity index is 949. The van der Waals surface area contributed by atoms with Crippen molar-refractivity contribution in [3.05, 3.63) is 77.4 Å². The molecule has 2 aromatic rings. The summed E-state index contributed by atoms with van der Waals surface area (Å²) < 4.78 is 5.10. The summed E-state index contributed by atoms with van der Waals surface area (Å²) in [5.74, 6) is 5.84. The highest BCUT2D eigenvalue weighted by Gasteiger charge is 2.03. The van der Waals surface area contributed by atoms with E-state index in [0.29, 0.717) is 23.4 Å². The first-order valence-corrected chi connectivity index (χ1v) is 8.82. The van der Waals surface area contributed by atoms with Crippen LogP contribution in [0.5, 0.6) is 17.2 Å². The summed E-state index contributed by atoms with van der Waals surface area (Å²) in [6, 6.07) is 9.99. The van der Waals surface area contributed by atoms with Gasteiger partial charge in [0.25, 0.3) is 0 Å². The molecule has 0 aromatic heterocycles. The highest BCUT2D eigenvalue weighted by atomic mass is 16.5. The van der Waals surface area contributed by atoms with E-state index < -0.39 is 0 Å². The van der Waals surface area contributed by atoms with Crippen LogP contribution >= 0.6 is 0 Å². The van der Waals surface area contributed by atoms with Crippen molar-refractivity contribution < 1.29 is 20.1 Å². The molecule has 0 saturated heterocycles. The lowest BCUT2D eigenvalue weighted by Gasteiger charge is -2.05. The molecule has 0 radical (unpaired) electrons. The van der Waals surface area contributed by atoms with Gasteiger partial charge in [-0.3, -0.25) is 0 Å². The number of hydrogen-bond acceptors (Lipinski definition) is 7. The first kappa shape index (κ1) is 21.7. The van der Waals surface area contributed by atoms with Crippen molar-refractivity contribution >= 4 is 17.9 Å². The third-order valence-corrected chi connectivity index (χ3v) is 4.07. The number of nitrogens with one attached hydrogen (secondary N) is 1. The lowest BCUT2D eigenvalue weighted by molar-refractivity contribution is 0.275. The summed E-state index contributed by atoms with van der Waals surface area (Å²) >= 11 is 0. The van der Waals surface area contributed by atoms with Crippen LogP contribution < -0.4 is 16.1 Å². The van der Waals surface area contributed by atoms with Gasteiger partial charge in [-0.05, 0) is 47.0 Å². The highest BCUT2D eigenvalue weighted by molar-refractivity contribution is 5.99. The van der Waals surface area contributed by atoms with Gasteiger partial charge in [0.15, 0.2) is 11.5 Å². The Hall–Kier alpha value is -3.55. The van der Waals surface area contributed by atoms with E-state index >= 15 is 0 Å². The molecule has 152 valence electrons. The van der Waals surface area contributed by atoms with E-state index in [2.05, 4.69) is 17.2 Å². The van der Waals surface area contributed by atoms with Crippen LogP contribution in [0.15, 0.2) is 65.8 Å². The summed E-state index contributed by atoms with van der Waals surface area (Å²) in [5, 5.41) is 32.6. The molecule has 0 unspecified atom stereocenters. The fourth-order valence-electron chi connectivity index (χ4n) is 2.55. The van der Waals surface area contributed by atoms with Gasteiger partial charge in [0.2, 0.25) is 0 Å². The average molecular weight is 395 g/mol. The molecule has 7 heteroatoms. The second-order valence-corrected chi connectivity index (χ2v) is 6.21. The number of hydrazine groups is 1. The van der Waals surface area contributed by atoms with Crippen LogP contribution in [0.1, 0.15) is 23.1 Å². The third kappa shape index (κ3) is 6.53. The number of phenols is 2. The number of methoxy groups -OCH3 is 1. The zero-order valence-corrected chi connectivity index (χ0v) is 16.2. The van der Waals surface area contributed by atoms with Crippen molar-refractivity contribution in [2.45, 2.75) is 13.0 Å². The number of nitrogens with two attached hydrogens (primary N) is 1. The fraction of sp³-hybridized carbons (Fsp3) is 0.136. The highest BCUT2D eigenvalue weighted by Crippen LogP contribution is 2.26. The van der Waals surface area contributed by atoms with Crippen LogP contribution in [0.2, 0.25) is 0 Å². The van der Waals surface area contributed by atoms with Crippen LogP contribution in [-0.4, -0.2) is 28.1 Å². The van der Waals surface area contributed by atoms with E-state index in [9.17, 15) is 15.3 Å². The van der Waals surface area contributed by atoms with E-state index in [-0.39, 0.29) is 18.1 Å². The maximum absolute atomic E-state index is 9.67. The van der Waals surface area contributed by atoms with Crippen LogP contribution in [0.3, 0.4) is 0 Å². The Kier molecular flexibility index (Phi) is 8.02. The maximum atomic E-state index is 9.67. The largest absolute Gasteiger partial charge is 0.508 e. The summed E-state index contributed by atoms with van der Waals surface area (Å²) in [5.41, 5.74) is 5.83. The van der Waals surface area contributed by atoms with Gasteiger partial charge < -0.3 is 20.1 Å². The predicted molar refractivity (Wildman–Crippen MR) is 115 cm³/mol. The van der Waals surface area contributed by atoms with Crippen molar-refractivity contribution in [1.82, 2.24) is 5.53 Å². The van der Waals surface area contributed by atoms with Crippen LogP contribution in [0.4, 0.5) is 0 Å². The standard InChI is InChI=1S/C22H25N3O4/c1-15(3-4-16-6-9-20(27)18(12-16)14-26)11-19(24-25-23)8-5-17-7-10-21(28)22(13-17)29-2/h3-10,12-13,25-28H,1,11,14,23H2,2H3/b4-3+,8-5+,24-19-. The monoisotopic (exact) mass is 395 g/mol.